The minimum Gasteiger partial charge on any atom is -0.363 e. The third-order valence-corrected chi connectivity index (χ3v) is 4.63. The highest BCUT2D eigenvalue weighted by atomic mass is 16.1. The van der Waals surface area contributed by atoms with E-state index in [4.69, 9.17) is 5.73 Å². The maximum absolute atomic E-state index is 11.5. The molecule has 1 aromatic heterocycles. The zero-order chi connectivity index (χ0) is 14.3. The maximum atomic E-state index is 11.5. The van der Waals surface area contributed by atoms with Gasteiger partial charge in [0.15, 0.2) is 0 Å². The van der Waals surface area contributed by atoms with Gasteiger partial charge < -0.3 is 10.6 Å². The number of amides is 1. The molecule has 2 N–H and O–H groups in total. The fourth-order valence-corrected chi connectivity index (χ4v) is 3.44. The van der Waals surface area contributed by atoms with Crippen molar-refractivity contribution < 1.29 is 4.79 Å². The van der Waals surface area contributed by atoms with Gasteiger partial charge in [0.05, 0.1) is 0 Å². The highest BCUT2D eigenvalue weighted by Gasteiger charge is 2.44. The van der Waals surface area contributed by atoms with Crippen LogP contribution >= 0.6 is 0 Å². The first-order chi connectivity index (χ1) is 9.51. The third kappa shape index (κ3) is 2.17. The molecule has 1 saturated heterocycles. The van der Waals surface area contributed by atoms with Crippen LogP contribution in [0.5, 0.6) is 0 Å². The van der Waals surface area contributed by atoms with E-state index < -0.39 is 5.91 Å². The number of hydrogen-bond acceptors (Lipinski definition) is 4. The van der Waals surface area contributed by atoms with Crippen molar-refractivity contribution >= 4 is 11.9 Å². The van der Waals surface area contributed by atoms with Crippen LogP contribution in [0.2, 0.25) is 0 Å². The van der Waals surface area contributed by atoms with Gasteiger partial charge in [-0.15, -0.1) is 10.2 Å². The zero-order valence-electron chi connectivity index (χ0n) is 12.3. The first-order valence-corrected chi connectivity index (χ1v) is 7.49. The van der Waals surface area contributed by atoms with Crippen LogP contribution in [-0.2, 0) is 6.54 Å². The summed E-state index contributed by atoms with van der Waals surface area (Å²) in [5, 5.41) is 8.24. The van der Waals surface area contributed by atoms with E-state index in [2.05, 4.69) is 28.9 Å². The van der Waals surface area contributed by atoms with Crippen molar-refractivity contribution in [2.45, 2.75) is 46.1 Å². The minimum absolute atomic E-state index is 0.281. The molecular weight excluding hydrogens is 254 g/mol. The average Bonchev–Trinajstić information content (AvgIpc) is 2.90. The Kier molecular flexibility index (Phi) is 3.18. The topological polar surface area (TPSA) is 77.0 Å². The van der Waals surface area contributed by atoms with E-state index in [0.717, 1.165) is 25.6 Å². The average molecular weight is 277 g/mol. The van der Waals surface area contributed by atoms with Crippen LogP contribution < -0.4 is 10.6 Å². The van der Waals surface area contributed by atoms with Crippen molar-refractivity contribution in [2.24, 2.45) is 17.1 Å². The summed E-state index contributed by atoms with van der Waals surface area (Å²) in [7, 11) is 0. The Hall–Kier alpha value is -1.59. The monoisotopic (exact) mass is 277 g/mol. The molecule has 0 bridgehead atoms. The number of hydrogen-bond donors (Lipinski definition) is 1. The van der Waals surface area contributed by atoms with Gasteiger partial charge in [0, 0.05) is 19.6 Å². The molecule has 1 aliphatic carbocycles. The highest BCUT2D eigenvalue weighted by Crippen LogP contribution is 2.48. The summed E-state index contributed by atoms with van der Waals surface area (Å²) in [6.07, 6.45) is 5.22. The molecule has 1 spiro atoms. The van der Waals surface area contributed by atoms with Crippen molar-refractivity contribution in [1.29, 1.82) is 0 Å². The van der Waals surface area contributed by atoms with E-state index in [1.807, 2.05) is 4.57 Å². The van der Waals surface area contributed by atoms with Crippen LogP contribution in [0.15, 0.2) is 0 Å². The zero-order valence-corrected chi connectivity index (χ0v) is 12.3. The van der Waals surface area contributed by atoms with Crippen LogP contribution in [0.3, 0.4) is 0 Å². The number of rotatable bonds is 4. The number of nitrogens with two attached hydrogens (primary N) is 1. The number of primary amides is 1. The molecular formula is C14H23N5O. The third-order valence-electron chi connectivity index (χ3n) is 4.63. The quantitative estimate of drug-likeness (QED) is 0.902. The summed E-state index contributed by atoms with van der Waals surface area (Å²) < 4.78 is 1.89. The maximum Gasteiger partial charge on any atom is 0.286 e. The molecule has 0 radical (unpaired) electrons. The second-order valence-electron chi connectivity index (χ2n) is 6.72. The second kappa shape index (κ2) is 4.75. The van der Waals surface area contributed by atoms with Gasteiger partial charge in [0.2, 0.25) is 11.8 Å². The lowest BCUT2D eigenvalue weighted by Gasteiger charge is -2.38. The molecule has 20 heavy (non-hydrogen) atoms. The molecule has 2 aliphatic rings. The predicted molar refractivity (Wildman–Crippen MR) is 76.5 cm³/mol. The summed E-state index contributed by atoms with van der Waals surface area (Å²) in [6, 6.07) is 0. The molecule has 0 atom stereocenters. The van der Waals surface area contributed by atoms with Gasteiger partial charge in [0.1, 0.15) is 0 Å². The number of carbonyl (C=O) groups excluding carboxylic acids is 1. The van der Waals surface area contributed by atoms with Gasteiger partial charge >= 0.3 is 0 Å². The minimum atomic E-state index is -0.498. The SMILES string of the molecule is CC(C)Cn1c(C(N)=O)nnc1N1CCC2(CCC2)C1. The van der Waals surface area contributed by atoms with Crippen LogP contribution in [-0.4, -0.2) is 33.8 Å². The van der Waals surface area contributed by atoms with Crippen LogP contribution in [0.4, 0.5) is 5.95 Å². The predicted octanol–water partition coefficient (Wildman–Crippen LogP) is 1.41. The van der Waals surface area contributed by atoms with Crippen molar-refractivity contribution in [3.8, 4) is 0 Å². The van der Waals surface area contributed by atoms with E-state index in [9.17, 15) is 4.79 Å². The number of anilines is 1. The lowest BCUT2D eigenvalue weighted by molar-refractivity contribution is 0.0985. The lowest BCUT2D eigenvalue weighted by atomic mass is 9.68. The van der Waals surface area contributed by atoms with Gasteiger partial charge in [-0.25, -0.2) is 0 Å². The second-order valence-corrected chi connectivity index (χ2v) is 6.72. The molecule has 2 fully saturated rings. The first kappa shape index (κ1) is 13.4. The van der Waals surface area contributed by atoms with E-state index in [-0.39, 0.29) is 5.82 Å². The Bertz CT molecular complexity index is 518. The molecule has 6 nitrogen and oxygen atoms in total. The fourth-order valence-electron chi connectivity index (χ4n) is 3.44. The molecule has 3 rings (SSSR count). The van der Waals surface area contributed by atoms with Gasteiger partial charge in [-0.1, -0.05) is 20.3 Å². The molecule has 1 aromatic rings. The van der Waals surface area contributed by atoms with E-state index >= 15 is 0 Å². The van der Waals surface area contributed by atoms with Crippen LogP contribution in [0.25, 0.3) is 0 Å². The normalized spacial score (nSPS) is 20.6. The van der Waals surface area contributed by atoms with Crippen molar-refractivity contribution in [2.75, 3.05) is 18.0 Å². The fraction of sp³-hybridized carbons (Fsp3) is 0.786. The molecule has 1 aliphatic heterocycles. The molecule has 2 heterocycles. The number of carbonyl (C=O) groups is 1. The molecule has 1 saturated carbocycles. The molecule has 110 valence electrons. The Morgan fingerprint density at radius 3 is 2.60 bits per heavy atom. The van der Waals surface area contributed by atoms with Crippen molar-refractivity contribution in [1.82, 2.24) is 14.8 Å². The standard InChI is InChI=1S/C14H23N5O/c1-10(2)8-19-12(11(15)20)16-17-13(19)18-7-6-14(9-18)4-3-5-14/h10H,3-9H2,1-2H3,(H2,15,20). The van der Waals surface area contributed by atoms with E-state index in [1.54, 1.807) is 0 Å². The Balaban J connectivity index is 1.87. The van der Waals surface area contributed by atoms with Crippen LogP contribution in [0, 0.1) is 11.3 Å². The Morgan fingerprint density at radius 2 is 2.10 bits per heavy atom. The molecule has 6 heteroatoms. The summed E-state index contributed by atoms with van der Waals surface area (Å²) in [5.41, 5.74) is 5.91. The van der Waals surface area contributed by atoms with Gasteiger partial charge in [-0.2, -0.15) is 0 Å². The van der Waals surface area contributed by atoms with Crippen molar-refractivity contribution in [3.05, 3.63) is 5.82 Å². The molecule has 0 aromatic carbocycles. The summed E-state index contributed by atoms with van der Waals surface area (Å²) >= 11 is 0. The van der Waals surface area contributed by atoms with Gasteiger partial charge in [-0.3, -0.25) is 9.36 Å². The van der Waals surface area contributed by atoms with Gasteiger partial charge in [-0.05, 0) is 30.6 Å². The smallest absolute Gasteiger partial charge is 0.286 e. The summed E-state index contributed by atoms with van der Waals surface area (Å²) in [5.74, 6) is 1.02. The molecule has 1 amide bonds. The highest BCUT2D eigenvalue weighted by molar-refractivity contribution is 5.89. The largest absolute Gasteiger partial charge is 0.363 e. The summed E-state index contributed by atoms with van der Waals surface area (Å²) in [4.78, 5) is 13.8. The number of aromatic nitrogens is 3. The number of nitrogens with zero attached hydrogens (tertiary/aromatic N) is 4. The van der Waals surface area contributed by atoms with E-state index in [1.165, 1.54) is 25.7 Å². The van der Waals surface area contributed by atoms with Crippen LogP contribution in [0.1, 0.15) is 50.1 Å². The Morgan fingerprint density at radius 1 is 1.35 bits per heavy atom. The van der Waals surface area contributed by atoms with Crippen molar-refractivity contribution in [3.63, 3.8) is 0 Å². The first-order valence-electron chi connectivity index (χ1n) is 7.49. The Labute approximate surface area is 119 Å². The lowest BCUT2D eigenvalue weighted by Crippen LogP contribution is -2.34. The molecule has 0 unspecified atom stereocenters. The summed E-state index contributed by atoms with van der Waals surface area (Å²) in [6.45, 7) is 7.01. The van der Waals surface area contributed by atoms with Gasteiger partial charge in [0.25, 0.3) is 5.91 Å². The van der Waals surface area contributed by atoms with E-state index in [0.29, 0.717) is 11.3 Å².